The molecule has 0 saturated heterocycles. The van der Waals surface area contributed by atoms with E-state index in [0.29, 0.717) is 5.41 Å². The molecule has 2 N–H and O–H groups in total. The van der Waals surface area contributed by atoms with Gasteiger partial charge in [0.15, 0.2) is 5.82 Å². The minimum atomic E-state index is -0.521. The van der Waals surface area contributed by atoms with E-state index in [2.05, 4.69) is 0 Å². The second-order valence-corrected chi connectivity index (χ2v) is 6.08. The maximum Gasteiger partial charge on any atom is 0.160 e. The summed E-state index contributed by atoms with van der Waals surface area (Å²) in [4.78, 5) is 0. The van der Waals surface area contributed by atoms with E-state index in [4.69, 9.17) is 28.9 Å². The fraction of sp³-hybridized carbons (Fsp3) is 0.500. The standard InChI is InChI=1S/C12H12Cl2FN/c13-8-1-7(2-9(14)10(8)15)12-3-11(4-12,5-12)6-16/h1-2H,3-6,16H2. The molecule has 1 aromatic rings. The van der Waals surface area contributed by atoms with Gasteiger partial charge in [-0.2, -0.15) is 0 Å². The van der Waals surface area contributed by atoms with Gasteiger partial charge in [-0.3, -0.25) is 0 Å². The molecule has 0 atom stereocenters. The Morgan fingerprint density at radius 1 is 1.19 bits per heavy atom. The van der Waals surface area contributed by atoms with Gasteiger partial charge < -0.3 is 5.73 Å². The van der Waals surface area contributed by atoms with E-state index < -0.39 is 5.82 Å². The highest BCUT2D eigenvalue weighted by Gasteiger charge is 2.67. The Labute approximate surface area is 104 Å². The first-order valence-electron chi connectivity index (χ1n) is 5.35. The van der Waals surface area contributed by atoms with Crippen LogP contribution >= 0.6 is 23.2 Å². The molecule has 4 rings (SSSR count). The van der Waals surface area contributed by atoms with Crippen LogP contribution in [0.4, 0.5) is 4.39 Å². The molecule has 4 heteroatoms. The summed E-state index contributed by atoms with van der Waals surface area (Å²) in [6.07, 6.45) is 3.28. The lowest BCUT2D eigenvalue weighted by molar-refractivity contribution is -0.132. The zero-order valence-electron chi connectivity index (χ0n) is 8.69. The number of halogens is 3. The van der Waals surface area contributed by atoms with Gasteiger partial charge in [-0.25, -0.2) is 4.39 Å². The number of nitrogens with two attached hydrogens (primary N) is 1. The lowest BCUT2D eigenvalue weighted by Crippen LogP contribution is -2.67. The molecule has 0 heterocycles. The molecule has 1 nitrogen and oxygen atoms in total. The van der Waals surface area contributed by atoms with E-state index >= 15 is 0 Å². The van der Waals surface area contributed by atoms with Gasteiger partial charge in [-0.15, -0.1) is 0 Å². The van der Waals surface area contributed by atoms with Crippen molar-refractivity contribution < 1.29 is 4.39 Å². The van der Waals surface area contributed by atoms with Gasteiger partial charge in [0, 0.05) is 0 Å². The quantitative estimate of drug-likeness (QED) is 0.809. The molecule has 3 fully saturated rings. The minimum Gasteiger partial charge on any atom is -0.330 e. The van der Waals surface area contributed by atoms with Crippen LogP contribution in [0, 0.1) is 11.2 Å². The molecule has 0 aliphatic heterocycles. The lowest BCUT2D eigenvalue weighted by atomic mass is 9.33. The predicted octanol–water partition coefficient (Wildman–Crippen LogP) is 3.51. The van der Waals surface area contributed by atoms with Crippen molar-refractivity contribution >= 4 is 23.2 Å². The Kier molecular flexibility index (Phi) is 2.11. The molecular formula is C12H12Cl2FN. The van der Waals surface area contributed by atoms with Gasteiger partial charge in [-0.05, 0) is 54.3 Å². The highest BCUT2D eigenvalue weighted by atomic mass is 35.5. The first-order valence-corrected chi connectivity index (χ1v) is 6.11. The molecule has 1 aromatic carbocycles. The summed E-state index contributed by atoms with van der Waals surface area (Å²) in [6, 6.07) is 3.42. The largest absolute Gasteiger partial charge is 0.330 e. The van der Waals surface area contributed by atoms with Gasteiger partial charge in [-0.1, -0.05) is 23.2 Å². The molecule has 2 bridgehead atoms. The zero-order valence-corrected chi connectivity index (χ0v) is 10.2. The van der Waals surface area contributed by atoms with Crippen molar-refractivity contribution in [3.05, 3.63) is 33.6 Å². The summed E-state index contributed by atoms with van der Waals surface area (Å²) in [5, 5.41) is 0.239. The van der Waals surface area contributed by atoms with E-state index in [1.54, 1.807) is 12.1 Å². The van der Waals surface area contributed by atoms with Crippen LogP contribution in [-0.4, -0.2) is 6.54 Å². The number of hydrogen-bond acceptors (Lipinski definition) is 1. The van der Waals surface area contributed by atoms with Crippen molar-refractivity contribution in [3.8, 4) is 0 Å². The predicted molar refractivity (Wildman–Crippen MR) is 63.4 cm³/mol. The van der Waals surface area contributed by atoms with Gasteiger partial charge >= 0.3 is 0 Å². The zero-order chi connectivity index (χ0) is 11.6. The fourth-order valence-corrected chi connectivity index (χ4v) is 3.87. The highest BCUT2D eigenvalue weighted by Crippen LogP contribution is 2.73. The molecule has 0 spiro atoms. The monoisotopic (exact) mass is 259 g/mol. The van der Waals surface area contributed by atoms with Crippen molar-refractivity contribution in [2.24, 2.45) is 11.1 Å². The Hall–Kier alpha value is -0.310. The van der Waals surface area contributed by atoms with Crippen LogP contribution in [0.5, 0.6) is 0 Å². The van der Waals surface area contributed by atoms with E-state index in [9.17, 15) is 4.39 Å². The lowest BCUT2D eigenvalue weighted by Gasteiger charge is -2.71. The average Bonchev–Trinajstić information content (AvgIpc) is 2.10. The fourth-order valence-electron chi connectivity index (χ4n) is 3.38. The molecule has 0 radical (unpaired) electrons. The van der Waals surface area contributed by atoms with Crippen LogP contribution in [0.3, 0.4) is 0 Å². The molecule has 3 saturated carbocycles. The molecule has 0 aromatic heterocycles. The second-order valence-electron chi connectivity index (χ2n) is 5.27. The van der Waals surface area contributed by atoms with Crippen LogP contribution in [0.2, 0.25) is 10.0 Å². The molecule has 0 unspecified atom stereocenters. The molecule has 16 heavy (non-hydrogen) atoms. The molecule has 0 amide bonds. The van der Waals surface area contributed by atoms with Crippen LogP contribution in [-0.2, 0) is 5.41 Å². The summed E-state index contributed by atoms with van der Waals surface area (Å²) >= 11 is 11.6. The van der Waals surface area contributed by atoms with E-state index in [1.807, 2.05) is 0 Å². The third kappa shape index (κ3) is 1.21. The van der Waals surface area contributed by atoms with Crippen LogP contribution in [0.25, 0.3) is 0 Å². The van der Waals surface area contributed by atoms with Crippen LogP contribution in [0.1, 0.15) is 24.8 Å². The second kappa shape index (κ2) is 3.12. The molecular weight excluding hydrogens is 248 g/mol. The smallest absolute Gasteiger partial charge is 0.160 e. The van der Waals surface area contributed by atoms with Crippen LogP contribution in [0.15, 0.2) is 12.1 Å². The Balaban J connectivity index is 1.93. The number of benzene rings is 1. The Morgan fingerprint density at radius 3 is 2.12 bits per heavy atom. The normalized spacial score (nSPS) is 35.5. The maximum atomic E-state index is 13.3. The summed E-state index contributed by atoms with van der Waals surface area (Å²) in [5.74, 6) is -0.521. The number of rotatable bonds is 2. The van der Waals surface area contributed by atoms with Gasteiger partial charge in [0.1, 0.15) is 0 Å². The van der Waals surface area contributed by atoms with E-state index in [0.717, 1.165) is 31.4 Å². The Morgan fingerprint density at radius 2 is 1.69 bits per heavy atom. The first-order chi connectivity index (χ1) is 7.50. The van der Waals surface area contributed by atoms with Gasteiger partial charge in [0.25, 0.3) is 0 Å². The third-order valence-corrected chi connectivity index (χ3v) is 4.72. The molecule has 3 aliphatic rings. The molecule has 86 valence electrons. The summed E-state index contributed by atoms with van der Waals surface area (Å²) in [6.45, 7) is 0.747. The van der Waals surface area contributed by atoms with E-state index in [-0.39, 0.29) is 15.5 Å². The summed E-state index contributed by atoms with van der Waals surface area (Å²) in [7, 11) is 0. The maximum absolute atomic E-state index is 13.3. The van der Waals surface area contributed by atoms with Crippen molar-refractivity contribution in [1.82, 2.24) is 0 Å². The third-order valence-electron chi connectivity index (χ3n) is 4.17. The first kappa shape index (κ1) is 10.8. The highest BCUT2D eigenvalue weighted by molar-refractivity contribution is 6.35. The van der Waals surface area contributed by atoms with Crippen molar-refractivity contribution in [3.63, 3.8) is 0 Å². The number of hydrogen-bond donors (Lipinski definition) is 1. The Bertz CT molecular complexity index is 429. The average molecular weight is 260 g/mol. The minimum absolute atomic E-state index is 0.119. The molecule has 3 aliphatic carbocycles. The van der Waals surface area contributed by atoms with Gasteiger partial charge in [0.05, 0.1) is 10.0 Å². The summed E-state index contributed by atoms with van der Waals surface area (Å²) in [5.41, 5.74) is 7.32. The topological polar surface area (TPSA) is 26.0 Å². The van der Waals surface area contributed by atoms with E-state index in [1.165, 1.54) is 0 Å². The van der Waals surface area contributed by atoms with Crippen LogP contribution < -0.4 is 5.73 Å². The van der Waals surface area contributed by atoms with Crippen molar-refractivity contribution in [2.75, 3.05) is 6.54 Å². The van der Waals surface area contributed by atoms with Gasteiger partial charge in [0.2, 0.25) is 0 Å². The van der Waals surface area contributed by atoms with Crippen molar-refractivity contribution in [2.45, 2.75) is 24.7 Å². The summed E-state index contributed by atoms with van der Waals surface area (Å²) < 4.78 is 13.3. The SMILES string of the molecule is NCC12CC(c3cc(Cl)c(F)c(Cl)c3)(C1)C2. The van der Waals surface area contributed by atoms with Crippen molar-refractivity contribution in [1.29, 1.82) is 0 Å².